The van der Waals surface area contributed by atoms with Crippen LogP contribution in [0.4, 0.5) is 0 Å². The summed E-state index contributed by atoms with van der Waals surface area (Å²) >= 11 is 2.90. The average molecular weight is 443 g/mol. The summed E-state index contributed by atoms with van der Waals surface area (Å²) in [6.07, 6.45) is 4.87. The lowest BCUT2D eigenvalue weighted by molar-refractivity contribution is -0.140. The monoisotopic (exact) mass is 442 g/mol. The van der Waals surface area contributed by atoms with Gasteiger partial charge < -0.3 is 4.74 Å². The van der Waals surface area contributed by atoms with E-state index in [4.69, 9.17) is 9.72 Å². The van der Waals surface area contributed by atoms with Gasteiger partial charge in [0.05, 0.1) is 23.4 Å². The van der Waals surface area contributed by atoms with E-state index in [1.165, 1.54) is 22.2 Å². The minimum absolute atomic E-state index is 0.0416. The number of esters is 1. The number of carbonyl (C=O) groups is 1. The van der Waals surface area contributed by atoms with E-state index in [0.717, 1.165) is 48.0 Å². The molecular weight excluding hydrogens is 416 g/mol. The second kappa shape index (κ2) is 9.35. The van der Waals surface area contributed by atoms with Crippen molar-refractivity contribution in [3.05, 3.63) is 51.1 Å². The molecule has 158 valence electrons. The SMILES string of the molecule is CCCCOC(=O)CSc1nc2sc3c(c2c(=O)n1-c1ccccc1)CCC(C)C3. The van der Waals surface area contributed by atoms with Crippen molar-refractivity contribution in [3.63, 3.8) is 0 Å². The van der Waals surface area contributed by atoms with Crippen molar-refractivity contribution < 1.29 is 9.53 Å². The molecule has 0 radical (unpaired) electrons. The number of hydrogen-bond donors (Lipinski definition) is 0. The molecule has 5 nitrogen and oxygen atoms in total. The zero-order valence-electron chi connectivity index (χ0n) is 17.3. The standard InChI is InChI=1S/C23H26N2O3S2/c1-3-4-12-28-19(26)14-29-23-24-21-20(17-11-10-15(2)13-18(17)30-21)22(27)25(23)16-8-6-5-7-9-16/h5-9,15H,3-4,10-14H2,1-2H3. The van der Waals surface area contributed by atoms with Crippen LogP contribution in [0.1, 0.15) is 43.6 Å². The molecule has 30 heavy (non-hydrogen) atoms. The number of aryl methyl sites for hydroxylation is 1. The molecule has 2 aromatic heterocycles. The molecule has 0 fully saturated rings. The van der Waals surface area contributed by atoms with Crippen LogP contribution >= 0.6 is 23.1 Å². The molecule has 1 aliphatic carbocycles. The number of aromatic nitrogens is 2. The Morgan fingerprint density at radius 2 is 2.13 bits per heavy atom. The third kappa shape index (κ3) is 4.32. The van der Waals surface area contributed by atoms with Gasteiger partial charge in [0.25, 0.3) is 5.56 Å². The number of hydrogen-bond acceptors (Lipinski definition) is 6. The highest BCUT2D eigenvalue weighted by atomic mass is 32.2. The van der Waals surface area contributed by atoms with E-state index in [2.05, 4.69) is 13.8 Å². The van der Waals surface area contributed by atoms with Crippen LogP contribution in [0.25, 0.3) is 15.9 Å². The lowest BCUT2D eigenvalue weighted by atomic mass is 9.89. The molecule has 7 heteroatoms. The van der Waals surface area contributed by atoms with Gasteiger partial charge in [-0.3, -0.25) is 14.2 Å². The highest BCUT2D eigenvalue weighted by Gasteiger charge is 2.25. The Morgan fingerprint density at radius 1 is 1.33 bits per heavy atom. The topological polar surface area (TPSA) is 61.2 Å². The van der Waals surface area contributed by atoms with Gasteiger partial charge in [-0.25, -0.2) is 4.98 Å². The van der Waals surface area contributed by atoms with Crippen LogP contribution in [0.5, 0.6) is 0 Å². The van der Waals surface area contributed by atoms with Gasteiger partial charge in [-0.15, -0.1) is 11.3 Å². The molecule has 0 spiro atoms. The Kier molecular flexibility index (Phi) is 6.58. The van der Waals surface area contributed by atoms with Gasteiger partial charge in [-0.1, -0.05) is 50.2 Å². The molecule has 4 rings (SSSR count). The molecule has 2 heterocycles. The van der Waals surface area contributed by atoms with Crippen LogP contribution in [0.15, 0.2) is 40.3 Å². The molecule has 0 saturated heterocycles. The molecule has 0 amide bonds. The van der Waals surface area contributed by atoms with E-state index < -0.39 is 0 Å². The maximum atomic E-state index is 13.6. The van der Waals surface area contributed by atoms with E-state index in [9.17, 15) is 9.59 Å². The predicted octanol–water partition coefficient (Wildman–Crippen LogP) is 5.01. The van der Waals surface area contributed by atoms with Crippen molar-refractivity contribution in [1.29, 1.82) is 0 Å². The quantitative estimate of drug-likeness (QED) is 0.223. The van der Waals surface area contributed by atoms with E-state index in [1.54, 1.807) is 15.9 Å². The number of rotatable bonds is 7. The summed E-state index contributed by atoms with van der Waals surface area (Å²) in [6.45, 7) is 4.75. The van der Waals surface area contributed by atoms with Crippen molar-refractivity contribution in [1.82, 2.24) is 9.55 Å². The Hall–Kier alpha value is -2.12. The molecule has 1 aliphatic rings. The van der Waals surface area contributed by atoms with E-state index in [1.807, 2.05) is 30.3 Å². The second-order valence-electron chi connectivity index (χ2n) is 7.77. The Morgan fingerprint density at radius 3 is 2.90 bits per heavy atom. The summed E-state index contributed by atoms with van der Waals surface area (Å²) < 4.78 is 6.92. The Balaban J connectivity index is 1.74. The van der Waals surface area contributed by atoms with Crippen molar-refractivity contribution in [3.8, 4) is 5.69 Å². The second-order valence-corrected chi connectivity index (χ2v) is 9.79. The van der Waals surface area contributed by atoms with Crippen LogP contribution < -0.4 is 5.56 Å². The summed E-state index contributed by atoms with van der Waals surface area (Å²) in [5, 5.41) is 1.29. The molecule has 0 saturated carbocycles. The molecule has 1 atom stereocenters. The van der Waals surface area contributed by atoms with E-state index in [0.29, 0.717) is 17.7 Å². The van der Waals surface area contributed by atoms with Gasteiger partial charge in [0, 0.05) is 4.88 Å². The van der Waals surface area contributed by atoms with Gasteiger partial charge >= 0.3 is 5.97 Å². The van der Waals surface area contributed by atoms with Crippen molar-refractivity contribution in [2.24, 2.45) is 5.92 Å². The molecule has 0 N–H and O–H groups in total. The van der Waals surface area contributed by atoms with Gasteiger partial charge in [-0.05, 0) is 49.3 Å². The Labute approximate surface area is 184 Å². The maximum Gasteiger partial charge on any atom is 0.316 e. The summed E-state index contributed by atoms with van der Waals surface area (Å²) in [4.78, 5) is 32.7. The zero-order valence-corrected chi connectivity index (χ0v) is 19.0. The van der Waals surface area contributed by atoms with Gasteiger partial charge in [0.2, 0.25) is 0 Å². The van der Waals surface area contributed by atoms with Crippen molar-refractivity contribution >= 4 is 39.3 Å². The fourth-order valence-corrected chi connectivity index (χ4v) is 6.00. The lowest BCUT2D eigenvalue weighted by Crippen LogP contribution is -2.23. The minimum Gasteiger partial charge on any atom is -0.465 e. The van der Waals surface area contributed by atoms with Crippen molar-refractivity contribution in [2.75, 3.05) is 12.4 Å². The summed E-state index contributed by atoms with van der Waals surface area (Å²) in [6, 6.07) is 9.54. The molecule has 0 aliphatic heterocycles. The third-order valence-corrected chi connectivity index (χ3v) is 7.45. The molecular formula is C23H26N2O3S2. The smallest absolute Gasteiger partial charge is 0.316 e. The van der Waals surface area contributed by atoms with Gasteiger partial charge in [0.1, 0.15) is 4.83 Å². The zero-order chi connectivity index (χ0) is 21.1. The first-order chi connectivity index (χ1) is 14.6. The first-order valence-corrected chi connectivity index (χ1v) is 12.3. The minimum atomic E-state index is -0.276. The number of thioether (sulfide) groups is 1. The number of benzene rings is 1. The fourth-order valence-electron chi connectivity index (χ4n) is 3.77. The maximum absolute atomic E-state index is 13.6. The summed E-state index contributed by atoms with van der Waals surface area (Å²) in [5.41, 5.74) is 1.90. The molecule has 0 bridgehead atoms. The number of para-hydroxylation sites is 1. The van der Waals surface area contributed by atoms with Crippen LogP contribution in [0, 0.1) is 5.92 Å². The normalized spacial score (nSPS) is 15.9. The molecule has 1 unspecified atom stereocenters. The fraction of sp³-hybridized carbons (Fsp3) is 0.435. The third-order valence-electron chi connectivity index (χ3n) is 5.39. The number of carbonyl (C=O) groups excluding carboxylic acids is 1. The highest BCUT2D eigenvalue weighted by Crippen LogP contribution is 2.37. The number of nitrogens with zero attached hydrogens (tertiary/aromatic N) is 2. The lowest BCUT2D eigenvalue weighted by Gasteiger charge is -2.17. The van der Waals surface area contributed by atoms with Crippen LogP contribution in [-0.4, -0.2) is 27.9 Å². The number of fused-ring (bicyclic) bond motifs is 3. The summed E-state index contributed by atoms with van der Waals surface area (Å²) in [7, 11) is 0. The van der Waals surface area contributed by atoms with E-state index >= 15 is 0 Å². The average Bonchev–Trinajstić information content (AvgIpc) is 3.10. The van der Waals surface area contributed by atoms with Crippen LogP contribution in [0.3, 0.4) is 0 Å². The number of thiophene rings is 1. The highest BCUT2D eigenvalue weighted by molar-refractivity contribution is 7.99. The van der Waals surface area contributed by atoms with Gasteiger partial charge in [-0.2, -0.15) is 0 Å². The first kappa shape index (κ1) is 21.1. The number of unbranched alkanes of at least 4 members (excludes halogenated alkanes) is 1. The summed E-state index contributed by atoms with van der Waals surface area (Å²) in [5.74, 6) is 0.492. The molecule has 3 aromatic rings. The first-order valence-electron chi connectivity index (χ1n) is 10.5. The van der Waals surface area contributed by atoms with Crippen LogP contribution in [-0.2, 0) is 22.4 Å². The number of ether oxygens (including phenoxy) is 1. The molecule has 1 aromatic carbocycles. The Bertz CT molecular complexity index is 1110. The van der Waals surface area contributed by atoms with Gasteiger partial charge in [0.15, 0.2) is 5.16 Å². The van der Waals surface area contributed by atoms with E-state index in [-0.39, 0.29) is 17.3 Å². The predicted molar refractivity (Wildman–Crippen MR) is 123 cm³/mol. The van der Waals surface area contributed by atoms with Crippen molar-refractivity contribution in [2.45, 2.75) is 51.1 Å². The largest absolute Gasteiger partial charge is 0.465 e. The van der Waals surface area contributed by atoms with Crippen LogP contribution in [0.2, 0.25) is 0 Å².